The van der Waals surface area contributed by atoms with Crippen LogP contribution in [0.15, 0.2) is 16.8 Å². The van der Waals surface area contributed by atoms with Crippen LogP contribution in [-0.4, -0.2) is 34.4 Å². The third-order valence-corrected chi connectivity index (χ3v) is 5.25. The number of hydrogen-bond acceptors (Lipinski definition) is 6. The van der Waals surface area contributed by atoms with Crippen LogP contribution in [0.2, 0.25) is 0 Å². The van der Waals surface area contributed by atoms with E-state index in [-0.39, 0.29) is 0 Å². The summed E-state index contributed by atoms with van der Waals surface area (Å²) in [5.41, 5.74) is 16.4. The summed E-state index contributed by atoms with van der Waals surface area (Å²) in [6.07, 6.45) is 9.17. The number of hydrogen-bond donors (Lipinski definition) is 2. The predicted molar refractivity (Wildman–Crippen MR) is 91.4 cm³/mol. The number of rotatable bonds is 4. The second-order valence-electron chi connectivity index (χ2n) is 7.06. The second kappa shape index (κ2) is 5.51. The summed E-state index contributed by atoms with van der Waals surface area (Å²) in [5, 5.41) is 0. The Bertz CT molecular complexity index is 684. The molecule has 1 aromatic rings. The fourth-order valence-corrected chi connectivity index (χ4v) is 3.38. The fourth-order valence-electron chi connectivity index (χ4n) is 3.38. The molecule has 1 aliphatic heterocycles. The van der Waals surface area contributed by atoms with Crippen LogP contribution >= 0.6 is 0 Å². The Morgan fingerprint density at radius 3 is 2.65 bits per heavy atom. The van der Waals surface area contributed by atoms with Gasteiger partial charge in [-0.15, -0.1) is 0 Å². The lowest BCUT2D eigenvalue weighted by Crippen LogP contribution is -2.40. The first-order chi connectivity index (χ1) is 11.1. The normalized spacial score (nSPS) is 22.1. The van der Waals surface area contributed by atoms with Crippen molar-refractivity contribution in [3.05, 3.63) is 23.0 Å². The van der Waals surface area contributed by atoms with E-state index in [1.807, 2.05) is 18.1 Å². The molecule has 0 saturated heterocycles. The molecule has 4 N–H and O–H groups in total. The van der Waals surface area contributed by atoms with Gasteiger partial charge in [-0.2, -0.15) is 0 Å². The molecule has 0 atom stereocenters. The van der Waals surface area contributed by atoms with Crippen molar-refractivity contribution >= 4 is 17.6 Å². The molecule has 122 valence electrons. The zero-order chi connectivity index (χ0) is 16.0. The summed E-state index contributed by atoms with van der Waals surface area (Å²) in [7, 11) is 2.00. The van der Waals surface area contributed by atoms with Crippen LogP contribution in [0.3, 0.4) is 0 Å². The number of guanidine groups is 1. The highest BCUT2D eigenvalue weighted by Crippen LogP contribution is 2.41. The Kier molecular flexibility index (Phi) is 3.47. The van der Waals surface area contributed by atoms with Gasteiger partial charge < -0.3 is 16.4 Å². The largest absolute Gasteiger partial charge is 0.369 e. The van der Waals surface area contributed by atoms with Gasteiger partial charge in [0.25, 0.3) is 0 Å². The average molecular weight is 312 g/mol. The van der Waals surface area contributed by atoms with E-state index < -0.39 is 0 Å². The first-order valence-electron chi connectivity index (χ1n) is 8.52. The Morgan fingerprint density at radius 2 is 2.00 bits per heavy atom. The van der Waals surface area contributed by atoms with E-state index in [2.05, 4.69) is 9.97 Å². The highest BCUT2D eigenvalue weighted by Gasteiger charge is 2.31. The number of nitrogens with two attached hydrogens (primary N) is 2. The third-order valence-electron chi connectivity index (χ3n) is 5.25. The number of aliphatic imine (C=N–C) groups is 1. The minimum absolute atomic E-state index is 0.347. The Balaban J connectivity index is 1.79. The zero-order valence-corrected chi connectivity index (χ0v) is 13.6. The van der Waals surface area contributed by atoms with Crippen molar-refractivity contribution < 1.29 is 0 Å². The average Bonchev–Trinajstić information content (AvgIpc) is 3.25. The van der Waals surface area contributed by atoms with Gasteiger partial charge in [-0.05, 0) is 49.5 Å². The quantitative estimate of drug-likeness (QED) is 0.884. The van der Waals surface area contributed by atoms with Crippen LogP contribution in [0.4, 0.5) is 5.95 Å². The van der Waals surface area contributed by atoms with Crippen LogP contribution in [0.5, 0.6) is 0 Å². The Morgan fingerprint density at radius 1 is 1.22 bits per heavy atom. The van der Waals surface area contributed by atoms with Gasteiger partial charge in [0.15, 0.2) is 5.96 Å². The molecule has 23 heavy (non-hydrogen) atoms. The van der Waals surface area contributed by atoms with Gasteiger partial charge in [0.1, 0.15) is 0 Å². The Hall–Kier alpha value is -2.11. The van der Waals surface area contributed by atoms with Crippen molar-refractivity contribution in [3.63, 3.8) is 0 Å². The molecule has 0 unspecified atom stereocenters. The van der Waals surface area contributed by atoms with Crippen LogP contribution in [0.25, 0.3) is 5.70 Å². The lowest BCUT2D eigenvalue weighted by molar-refractivity contribution is 0.344. The summed E-state index contributed by atoms with van der Waals surface area (Å²) >= 11 is 0. The molecule has 2 saturated carbocycles. The topological polar surface area (TPSA) is 93.4 Å². The summed E-state index contributed by atoms with van der Waals surface area (Å²) in [5.74, 6) is 2.27. The van der Waals surface area contributed by atoms with Gasteiger partial charge in [0, 0.05) is 25.4 Å². The van der Waals surface area contributed by atoms with Gasteiger partial charge in [-0.1, -0.05) is 6.42 Å². The molecule has 1 aromatic heterocycles. The predicted octanol–water partition coefficient (Wildman–Crippen LogP) is 1.78. The minimum Gasteiger partial charge on any atom is -0.369 e. The van der Waals surface area contributed by atoms with Gasteiger partial charge >= 0.3 is 0 Å². The molecule has 6 nitrogen and oxygen atoms in total. The highest BCUT2D eigenvalue weighted by molar-refractivity contribution is 5.89. The van der Waals surface area contributed by atoms with Crippen LogP contribution in [0.1, 0.15) is 43.4 Å². The van der Waals surface area contributed by atoms with Crippen molar-refractivity contribution in [2.75, 3.05) is 19.3 Å². The number of nitrogens with zero attached hydrogens (tertiary/aromatic N) is 4. The lowest BCUT2D eigenvalue weighted by atomic mass is 9.77. The lowest BCUT2D eigenvalue weighted by Gasteiger charge is -2.35. The van der Waals surface area contributed by atoms with E-state index in [9.17, 15) is 0 Å². The molecule has 0 amide bonds. The van der Waals surface area contributed by atoms with Gasteiger partial charge in [-0.3, -0.25) is 0 Å². The van der Waals surface area contributed by atoms with Gasteiger partial charge in [0.2, 0.25) is 5.95 Å². The van der Waals surface area contributed by atoms with E-state index in [1.165, 1.54) is 37.7 Å². The molecule has 2 heterocycles. The standard InChI is InChI=1S/C17H24N6/c1-23-9-13(11-3-2-4-11)15(22-17(23)19)12-8-20-16(18)21-14(12)7-10-5-6-10/h8,10-11H,2-7,9H2,1H3,(H2,19,22)(H2,18,20,21). The summed E-state index contributed by atoms with van der Waals surface area (Å²) in [4.78, 5) is 15.5. The van der Waals surface area contributed by atoms with E-state index >= 15 is 0 Å². The van der Waals surface area contributed by atoms with Crippen LogP contribution in [-0.2, 0) is 6.42 Å². The summed E-state index contributed by atoms with van der Waals surface area (Å²) in [6.45, 7) is 0.850. The van der Waals surface area contributed by atoms with Gasteiger partial charge in [-0.25, -0.2) is 15.0 Å². The molecule has 4 rings (SSSR count). The van der Waals surface area contributed by atoms with Crippen molar-refractivity contribution in [2.45, 2.75) is 38.5 Å². The smallest absolute Gasteiger partial charge is 0.220 e. The molecular weight excluding hydrogens is 288 g/mol. The number of nitrogen functional groups attached to an aromatic ring is 1. The molecule has 0 spiro atoms. The SMILES string of the molecule is CN1CC(C2CCC2)=C(c2cnc(N)nc2CC2CC2)N=C1N. The fraction of sp³-hybridized carbons (Fsp3) is 0.588. The monoisotopic (exact) mass is 312 g/mol. The van der Waals surface area contributed by atoms with E-state index in [1.54, 1.807) is 0 Å². The third kappa shape index (κ3) is 2.78. The van der Waals surface area contributed by atoms with Crippen molar-refractivity contribution in [2.24, 2.45) is 22.6 Å². The van der Waals surface area contributed by atoms with E-state index in [0.29, 0.717) is 17.8 Å². The molecule has 0 aromatic carbocycles. The first kappa shape index (κ1) is 14.5. The zero-order valence-electron chi connectivity index (χ0n) is 13.6. The van der Waals surface area contributed by atoms with Crippen molar-refractivity contribution in [1.82, 2.24) is 14.9 Å². The van der Waals surface area contributed by atoms with Crippen molar-refractivity contribution in [1.29, 1.82) is 0 Å². The molecule has 0 bridgehead atoms. The summed E-state index contributed by atoms with van der Waals surface area (Å²) in [6, 6.07) is 0. The van der Waals surface area contributed by atoms with Crippen molar-refractivity contribution in [3.8, 4) is 0 Å². The summed E-state index contributed by atoms with van der Waals surface area (Å²) < 4.78 is 0. The van der Waals surface area contributed by atoms with Crippen LogP contribution in [0, 0.1) is 11.8 Å². The van der Waals surface area contributed by atoms with Gasteiger partial charge in [0.05, 0.1) is 11.4 Å². The number of likely N-dealkylation sites (N-methyl/N-ethyl adjacent to an activating group) is 1. The van der Waals surface area contributed by atoms with Crippen LogP contribution < -0.4 is 11.5 Å². The molecule has 3 aliphatic rings. The molecular formula is C17H24N6. The molecule has 2 aliphatic carbocycles. The molecule has 0 radical (unpaired) electrons. The first-order valence-corrected chi connectivity index (χ1v) is 8.52. The van der Waals surface area contributed by atoms with E-state index in [0.717, 1.165) is 35.8 Å². The second-order valence-corrected chi connectivity index (χ2v) is 7.06. The Labute approximate surface area is 136 Å². The number of aromatic nitrogens is 2. The maximum Gasteiger partial charge on any atom is 0.220 e. The maximum atomic E-state index is 6.10. The molecule has 2 fully saturated rings. The van der Waals surface area contributed by atoms with E-state index in [4.69, 9.17) is 16.5 Å². The molecule has 6 heteroatoms. The maximum absolute atomic E-state index is 6.10. The number of anilines is 1. The highest BCUT2D eigenvalue weighted by atomic mass is 15.2. The minimum atomic E-state index is 0.347.